The summed E-state index contributed by atoms with van der Waals surface area (Å²) >= 11 is 1.95. The monoisotopic (exact) mass is 240 g/mol. The van der Waals surface area contributed by atoms with Gasteiger partial charge in [-0.2, -0.15) is 0 Å². The van der Waals surface area contributed by atoms with Crippen LogP contribution in [0.4, 0.5) is 0 Å². The van der Waals surface area contributed by atoms with Crippen LogP contribution in [0.1, 0.15) is 46.5 Å². The van der Waals surface area contributed by atoms with E-state index in [4.69, 9.17) is 0 Å². The van der Waals surface area contributed by atoms with Crippen LogP contribution in [0.2, 0.25) is 0 Å². The average molecular weight is 240 g/mol. The Kier molecular flexibility index (Phi) is 4.17. The molecule has 2 rings (SSSR count). The van der Waals surface area contributed by atoms with Crippen LogP contribution in [0.25, 0.3) is 0 Å². The van der Waals surface area contributed by atoms with Gasteiger partial charge in [0.2, 0.25) is 0 Å². The Morgan fingerprint density at radius 2 is 2.12 bits per heavy atom. The fourth-order valence-corrected chi connectivity index (χ4v) is 3.58. The van der Waals surface area contributed by atoms with Gasteiger partial charge >= 0.3 is 0 Å². The zero-order valence-electron chi connectivity index (χ0n) is 10.7. The third-order valence-corrected chi connectivity index (χ3v) is 5.38. The quantitative estimate of drug-likeness (QED) is 0.801. The van der Waals surface area contributed by atoms with Crippen molar-refractivity contribution in [2.75, 3.05) is 6.54 Å². The highest BCUT2D eigenvalue weighted by atomic mass is 32.2. The SMILES string of the molecule is CCC1CN=C(NC2CCC(C)C(C)C2)S1. The Hall–Kier alpha value is -0.180. The molecule has 1 N–H and O–H groups in total. The summed E-state index contributed by atoms with van der Waals surface area (Å²) in [4.78, 5) is 4.59. The lowest BCUT2D eigenvalue weighted by Crippen LogP contribution is -2.38. The van der Waals surface area contributed by atoms with Crippen LogP contribution in [-0.4, -0.2) is 23.0 Å². The van der Waals surface area contributed by atoms with E-state index in [2.05, 4.69) is 31.1 Å². The highest BCUT2D eigenvalue weighted by Crippen LogP contribution is 2.30. The summed E-state index contributed by atoms with van der Waals surface area (Å²) in [5.41, 5.74) is 0. The van der Waals surface area contributed by atoms with Crippen molar-refractivity contribution in [3.63, 3.8) is 0 Å². The highest BCUT2D eigenvalue weighted by molar-refractivity contribution is 8.14. The van der Waals surface area contributed by atoms with E-state index in [1.165, 1.54) is 30.9 Å². The molecule has 1 saturated carbocycles. The summed E-state index contributed by atoms with van der Waals surface area (Å²) in [5.74, 6) is 1.76. The van der Waals surface area contributed by atoms with Gasteiger partial charge in [0.05, 0.1) is 6.54 Å². The summed E-state index contributed by atoms with van der Waals surface area (Å²) in [6.45, 7) is 8.04. The minimum absolute atomic E-state index is 0.674. The van der Waals surface area contributed by atoms with Crippen molar-refractivity contribution in [3.05, 3.63) is 0 Å². The molecule has 1 heterocycles. The Morgan fingerprint density at radius 3 is 2.75 bits per heavy atom. The minimum Gasteiger partial charge on any atom is -0.362 e. The van der Waals surface area contributed by atoms with Gasteiger partial charge in [-0.15, -0.1) is 0 Å². The fourth-order valence-electron chi connectivity index (χ4n) is 2.56. The third kappa shape index (κ3) is 2.93. The van der Waals surface area contributed by atoms with Crippen LogP contribution in [0, 0.1) is 11.8 Å². The van der Waals surface area contributed by atoms with Gasteiger partial charge < -0.3 is 5.32 Å². The molecule has 4 atom stereocenters. The maximum absolute atomic E-state index is 4.59. The molecule has 3 heteroatoms. The molecule has 4 unspecified atom stereocenters. The summed E-state index contributed by atoms with van der Waals surface area (Å²) < 4.78 is 0. The van der Waals surface area contributed by atoms with Crippen molar-refractivity contribution in [3.8, 4) is 0 Å². The standard InChI is InChI=1S/C13H24N2S/c1-4-12-8-14-13(16-12)15-11-6-5-9(2)10(3)7-11/h9-12H,4-8H2,1-3H3,(H,14,15). The molecule has 0 bridgehead atoms. The first kappa shape index (κ1) is 12.3. The van der Waals surface area contributed by atoms with Crippen LogP contribution in [0.15, 0.2) is 4.99 Å². The highest BCUT2D eigenvalue weighted by Gasteiger charge is 2.26. The molecule has 1 aliphatic heterocycles. The summed E-state index contributed by atoms with van der Waals surface area (Å²) in [7, 11) is 0. The third-order valence-electron chi connectivity index (χ3n) is 4.10. The van der Waals surface area contributed by atoms with Crippen LogP contribution in [-0.2, 0) is 0 Å². The number of rotatable bonds is 2. The molecule has 0 radical (unpaired) electrons. The molecule has 0 aromatic carbocycles. The molecule has 0 amide bonds. The molecule has 1 aliphatic carbocycles. The van der Waals surface area contributed by atoms with Crippen molar-refractivity contribution < 1.29 is 0 Å². The lowest BCUT2D eigenvalue weighted by Gasteiger charge is -2.32. The van der Waals surface area contributed by atoms with Gasteiger partial charge in [0.15, 0.2) is 5.17 Å². The van der Waals surface area contributed by atoms with Gasteiger partial charge in [0, 0.05) is 11.3 Å². The molecule has 2 aliphatic rings. The first-order valence-corrected chi connectivity index (χ1v) is 7.54. The largest absolute Gasteiger partial charge is 0.362 e. The lowest BCUT2D eigenvalue weighted by atomic mass is 9.79. The van der Waals surface area contributed by atoms with Gasteiger partial charge in [-0.3, -0.25) is 4.99 Å². The van der Waals surface area contributed by atoms with E-state index in [9.17, 15) is 0 Å². The van der Waals surface area contributed by atoms with E-state index < -0.39 is 0 Å². The van der Waals surface area contributed by atoms with E-state index in [-0.39, 0.29) is 0 Å². The zero-order valence-corrected chi connectivity index (χ0v) is 11.5. The lowest BCUT2D eigenvalue weighted by molar-refractivity contribution is 0.241. The Labute approximate surface area is 104 Å². The predicted molar refractivity (Wildman–Crippen MR) is 73.1 cm³/mol. The molecule has 0 saturated heterocycles. The molecule has 1 fully saturated rings. The molecule has 2 nitrogen and oxygen atoms in total. The minimum atomic E-state index is 0.674. The Bertz CT molecular complexity index is 265. The Balaban J connectivity index is 1.78. The number of nitrogens with one attached hydrogen (secondary N) is 1. The number of aliphatic imine (C=N–C) groups is 1. The van der Waals surface area contributed by atoms with Crippen LogP contribution < -0.4 is 5.32 Å². The van der Waals surface area contributed by atoms with Crippen LogP contribution in [0.5, 0.6) is 0 Å². The normalized spacial score (nSPS) is 39.6. The van der Waals surface area contributed by atoms with Crippen LogP contribution in [0.3, 0.4) is 0 Å². The first-order valence-electron chi connectivity index (χ1n) is 6.66. The van der Waals surface area contributed by atoms with E-state index in [0.29, 0.717) is 6.04 Å². The van der Waals surface area contributed by atoms with Gasteiger partial charge in [-0.25, -0.2) is 0 Å². The van der Waals surface area contributed by atoms with Gasteiger partial charge in [-0.05, 0) is 37.5 Å². The smallest absolute Gasteiger partial charge is 0.157 e. The summed E-state index contributed by atoms with van der Waals surface area (Å²) in [6, 6.07) is 0.674. The maximum atomic E-state index is 4.59. The number of hydrogen-bond acceptors (Lipinski definition) is 3. The molecular formula is C13H24N2S. The van der Waals surface area contributed by atoms with Crippen molar-refractivity contribution in [2.24, 2.45) is 16.8 Å². The van der Waals surface area contributed by atoms with Gasteiger partial charge in [-0.1, -0.05) is 32.5 Å². The first-order chi connectivity index (χ1) is 7.69. The van der Waals surface area contributed by atoms with E-state index >= 15 is 0 Å². The number of hydrogen-bond donors (Lipinski definition) is 1. The van der Waals surface area contributed by atoms with E-state index in [0.717, 1.165) is 23.6 Å². The van der Waals surface area contributed by atoms with Gasteiger partial charge in [0.1, 0.15) is 0 Å². The summed E-state index contributed by atoms with van der Waals surface area (Å²) in [6.07, 6.45) is 5.24. The fraction of sp³-hybridized carbons (Fsp3) is 0.923. The predicted octanol–water partition coefficient (Wildman–Crippen LogP) is 3.28. The summed E-state index contributed by atoms with van der Waals surface area (Å²) in [5, 5.41) is 5.58. The maximum Gasteiger partial charge on any atom is 0.157 e. The number of nitrogens with zero attached hydrogens (tertiary/aromatic N) is 1. The second-order valence-corrected chi connectivity index (χ2v) is 6.69. The second-order valence-electron chi connectivity index (χ2n) is 5.40. The Morgan fingerprint density at radius 1 is 1.31 bits per heavy atom. The zero-order chi connectivity index (χ0) is 11.5. The van der Waals surface area contributed by atoms with Gasteiger partial charge in [0.25, 0.3) is 0 Å². The van der Waals surface area contributed by atoms with Crippen molar-refractivity contribution in [1.29, 1.82) is 0 Å². The number of thioether (sulfide) groups is 1. The topological polar surface area (TPSA) is 24.4 Å². The number of amidine groups is 1. The van der Waals surface area contributed by atoms with Crippen molar-refractivity contribution in [1.82, 2.24) is 5.32 Å². The molecule has 92 valence electrons. The molecule has 16 heavy (non-hydrogen) atoms. The van der Waals surface area contributed by atoms with E-state index in [1.807, 2.05) is 11.8 Å². The van der Waals surface area contributed by atoms with Crippen molar-refractivity contribution >= 4 is 16.9 Å². The van der Waals surface area contributed by atoms with Crippen molar-refractivity contribution in [2.45, 2.75) is 57.7 Å². The van der Waals surface area contributed by atoms with Crippen LogP contribution >= 0.6 is 11.8 Å². The average Bonchev–Trinajstić information content (AvgIpc) is 2.71. The van der Waals surface area contributed by atoms with E-state index in [1.54, 1.807) is 0 Å². The molecule has 0 spiro atoms. The molecule has 0 aromatic heterocycles. The second kappa shape index (κ2) is 5.44. The molecular weight excluding hydrogens is 216 g/mol. The molecule has 0 aromatic rings.